The van der Waals surface area contributed by atoms with Crippen LogP contribution in [0.25, 0.3) is 10.9 Å². The molecule has 3 aromatic rings. The third kappa shape index (κ3) is 3.86. The minimum absolute atomic E-state index is 0.0498. The van der Waals surface area contributed by atoms with Crippen molar-refractivity contribution < 1.29 is 4.79 Å². The van der Waals surface area contributed by atoms with Crippen LogP contribution in [0.1, 0.15) is 43.2 Å². The normalized spacial score (nSPS) is 14.9. The van der Waals surface area contributed by atoms with Crippen molar-refractivity contribution in [2.24, 2.45) is 5.92 Å². The molecule has 0 unspecified atom stereocenters. The summed E-state index contributed by atoms with van der Waals surface area (Å²) in [6.07, 6.45) is 5.30. The van der Waals surface area contributed by atoms with E-state index < -0.39 is 0 Å². The molecule has 1 aliphatic carbocycles. The van der Waals surface area contributed by atoms with E-state index in [1.807, 2.05) is 66.4 Å². The summed E-state index contributed by atoms with van der Waals surface area (Å²) in [5, 5.41) is 0.978. The number of carbonyl (C=O) groups is 1. The molecule has 1 aliphatic rings. The van der Waals surface area contributed by atoms with Gasteiger partial charge >= 0.3 is 0 Å². The lowest BCUT2D eigenvalue weighted by Gasteiger charge is -2.29. The van der Waals surface area contributed by atoms with E-state index in [1.54, 1.807) is 0 Å². The summed E-state index contributed by atoms with van der Waals surface area (Å²) in [6, 6.07) is 17.6. The number of fused-ring (bicyclic) bond motifs is 1. The zero-order chi connectivity index (χ0) is 19.5. The highest BCUT2D eigenvalue weighted by Gasteiger charge is 2.27. The molecule has 1 heterocycles. The summed E-state index contributed by atoms with van der Waals surface area (Å²) in [7, 11) is 0. The number of hydrogen-bond donors (Lipinski definition) is 1. The van der Waals surface area contributed by atoms with Crippen molar-refractivity contribution in [1.29, 1.82) is 0 Å². The lowest BCUT2D eigenvalue weighted by atomic mass is 9.88. The van der Waals surface area contributed by atoms with Crippen molar-refractivity contribution in [3.8, 4) is 0 Å². The molecule has 28 heavy (non-hydrogen) atoms. The van der Waals surface area contributed by atoms with E-state index in [-0.39, 0.29) is 17.4 Å². The Bertz CT molecular complexity index is 1050. The minimum Gasteiger partial charge on any atom is -0.322 e. The number of aromatic amines is 1. The molecule has 0 bridgehead atoms. The molecular weight excluding hydrogens is 348 g/mol. The highest BCUT2D eigenvalue weighted by molar-refractivity contribution is 5.95. The van der Waals surface area contributed by atoms with Crippen LogP contribution in [0.2, 0.25) is 0 Å². The fourth-order valence-corrected chi connectivity index (χ4v) is 4.14. The molecule has 0 saturated heterocycles. The van der Waals surface area contributed by atoms with Gasteiger partial charge in [-0.1, -0.05) is 49.6 Å². The fourth-order valence-electron chi connectivity index (χ4n) is 4.14. The number of carbonyl (C=O) groups excluding carboxylic acids is 1. The van der Waals surface area contributed by atoms with Gasteiger partial charge in [0.1, 0.15) is 0 Å². The predicted molar refractivity (Wildman–Crippen MR) is 114 cm³/mol. The van der Waals surface area contributed by atoms with Gasteiger partial charge < -0.3 is 9.88 Å². The molecule has 0 spiro atoms. The molecule has 4 rings (SSSR count). The summed E-state index contributed by atoms with van der Waals surface area (Å²) >= 11 is 0. The van der Waals surface area contributed by atoms with Crippen molar-refractivity contribution in [2.45, 2.75) is 45.6 Å². The quantitative estimate of drug-likeness (QED) is 0.702. The van der Waals surface area contributed by atoms with E-state index in [9.17, 15) is 9.59 Å². The van der Waals surface area contributed by atoms with Gasteiger partial charge in [-0.25, -0.2) is 0 Å². The van der Waals surface area contributed by atoms with Crippen molar-refractivity contribution >= 4 is 22.5 Å². The predicted octanol–water partition coefficient (Wildman–Crippen LogP) is 4.95. The summed E-state index contributed by atoms with van der Waals surface area (Å²) in [5.41, 5.74) is 3.27. The van der Waals surface area contributed by atoms with Gasteiger partial charge in [0, 0.05) is 22.7 Å². The molecule has 144 valence electrons. The van der Waals surface area contributed by atoms with E-state index in [0.717, 1.165) is 47.8 Å². The largest absolute Gasteiger partial charge is 0.322 e. The Kier molecular flexibility index (Phi) is 5.29. The molecule has 1 amide bonds. The number of nitrogens with zero attached hydrogens (tertiary/aromatic N) is 1. The third-order valence-electron chi connectivity index (χ3n) is 5.69. The lowest BCUT2D eigenvalue weighted by Crippen LogP contribution is -2.38. The number of pyridine rings is 1. The topological polar surface area (TPSA) is 53.2 Å². The molecule has 1 aromatic heterocycles. The zero-order valence-corrected chi connectivity index (χ0v) is 16.3. The monoisotopic (exact) mass is 374 g/mol. The molecule has 0 atom stereocenters. The standard InChI is InChI=1S/C24H26N2O2/c1-17-8-7-12-21(14-17)26(24(28)18-9-3-2-4-10-18)16-20-15-19-11-5-6-13-22(19)25-23(20)27/h5-8,11-15,18H,2-4,9-10,16H2,1H3,(H,25,27). The molecule has 1 N–H and O–H groups in total. The fraction of sp³-hybridized carbons (Fsp3) is 0.333. The number of hydrogen-bond acceptors (Lipinski definition) is 2. The zero-order valence-electron chi connectivity index (χ0n) is 16.3. The van der Waals surface area contributed by atoms with Crippen LogP contribution in [-0.4, -0.2) is 10.9 Å². The van der Waals surface area contributed by atoms with Gasteiger partial charge in [-0.3, -0.25) is 9.59 Å². The smallest absolute Gasteiger partial charge is 0.253 e. The Morgan fingerprint density at radius 3 is 2.61 bits per heavy atom. The Morgan fingerprint density at radius 1 is 1.04 bits per heavy atom. The maximum absolute atomic E-state index is 13.4. The van der Waals surface area contributed by atoms with E-state index in [4.69, 9.17) is 0 Å². The first-order chi connectivity index (χ1) is 13.6. The molecule has 0 aliphatic heterocycles. The van der Waals surface area contributed by atoms with Gasteiger partial charge in [-0.15, -0.1) is 0 Å². The Hall–Kier alpha value is -2.88. The van der Waals surface area contributed by atoms with Crippen molar-refractivity contribution in [3.05, 3.63) is 76.1 Å². The average molecular weight is 374 g/mol. The lowest BCUT2D eigenvalue weighted by molar-refractivity contribution is -0.123. The summed E-state index contributed by atoms with van der Waals surface area (Å²) in [5.74, 6) is 0.187. The Morgan fingerprint density at radius 2 is 1.82 bits per heavy atom. The molecule has 1 fully saturated rings. The minimum atomic E-state index is -0.132. The number of benzene rings is 2. The number of para-hydroxylation sites is 1. The van der Waals surface area contributed by atoms with Gasteiger partial charge in [0.25, 0.3) is 5.56 Å². The van der Waals surface area contributed by atoms with Crippen LogP contribution in [0.5, 0.6) is 0 Å². The van der Waals surface area contributed by atoms with Gasteiger partial charge in [0.15, 0.2) is 0 Å². The summed E-state index contributed by atoms with van der Waals surface area (Å²) < 4.78 is 0. The van der Waals surface area contributed by atoms with Gasteiger partial charge in [0.2, 0.25) is 5.91 Å². The van der Waals surface area contributed by atoms with Crippen LogP contribution in [0.3, 0.4) is 0 Å². The van der Waals surface area contributed by atoms with Crippen LogP contribution in [0, 0.1) is 12.8 Å². The molecular formula is C24H26N2O2. The molecule has 2 aromatic carbocycles. The van der Waals surface area contributed by atoms with Gasteiger partial charge in [0.05, 0.1) is 6.54 Å². The number of H-pyrrole nitrogens is 1. The van der Waals surface area contributed by atoms with E-state index >= 15 is 0 Å². The number of aryl methyl sites for hydroxylation is 1. The van der Waals surface area contributed by atoms with Crippen molar-refractivity contribution in [3.63, 3.8) is 0 Å². The second kappa shape index (κ2) is 8.01. The van der Waals surface area contributed by atoms with Crippen LogP contribution < -0.4 is 10.5 Å². The highest BCUT2D eigenvalue weighted by atomic mass is 16.2. The summed E-state index contributed by atoms with van der Waals surface area (Å²) in [6.45, 7) is 2.31. The highest BCUT2D eigenvalue weighted by Crippen LogP contribution is 2.29. The maximum Gasteiger partial charge on any atom is 0.253 e. The Labute approximate surface area is 165 Å². The molecule has 4 heteroatoms. The number of rotatable bonds is 4. The first-order valence-electron chi connectivity index (χ1n) is 10.1. The van der Waals surface area contributed by atoms with Crippen LogP contribution in [0.15, 0.2) is 59.4 Å². The van der Waals surface area contributed by atoms with E-state index in [0.29, 0.717) is 12.1 Å². The first-order valence-corrected chi connectivity index (χ1v) is 10.1. The van der Waals surface area contributed by atoms with Crippen LogP contribution >= 0.6 is 0 Å². The van der Waals surface area contributed by atoms with Crippen LogP contribution in [-0.2, 0) is 11.3 Å². The number of nitrogens with one attached hydrogen (secondary N) is 1. The summed E-state index contributed by atoms with van der Waals surface area (Å²) in [4.78, 5) is 30.8. The average Bonchev–Trinajstić information content (AvgIpc) is 2.72. The van der Waals surface area contributed by atoms with Crippen molar-refractivity contribution in [1.82, 2.24) is 4.98 Å². The number of aromatic nitrogens is 1. The van der Waals surface area contributed by atoms with Gasteiger partial charge in [-0.05, 0) is 55.0 Å². The molecule has 0 radical (unpaired) electrons. The SMILES string of the molecule is Cc1cccc(N(Cc2cc3ccccc3[nH]c2=O)C(=O)C2CCCCC2)c1. The van der Waals surface area contributed by atoms with E-state index in [1.165, 1.54) is 6.42 Å². The molecule has 4 nitrogen and oxygen atoms in total. The second-order valence-corrected chi connectivity index (χ2v) is 7.81. The first kappa shape index (κ1) is 18.5. The van der Waals surface area contributed by atoms with Gasteiger partial charge in [-0.2, -0.15) is 0 Å². The van der Waals surface area contributed by atoms with E-state index in [2.05, 4.69) is 4.98 Å². The number of anilines is 1. The van der Waals surface area contributed by atoms with Crippen LogP contribution in [0.4, 0.5) is 5.69 Å². The molecule has 1 saturated carbocycles. The number of amides is 1. The maximum atomic E-state index is 13.4. The van der Waals surface area contributed by atoms with Crippen molar-refractivity contribution in [2.75, 3.05) is 4.90 Å². The second-order valence-electron chi connectivity index (χ2n) is 7.81. The third-order valence-corrected chi connectivity index (χ3v) is 5.69. The Balaban J connectivity index is 1.72.